The molecule has 2 atom stereocenters. The molecule has 1 aromatic rings. The van der Waals surface area contributed by atoms with Crippen molar-refractivity contribution in [3.8, 4) is 11.5 Å². The van der Waals surface area contributed by atoms with Gasteiger partial charge in [-0.1, -0.05) is 0 Å². The average Bonchev–Trinajstić information content (AvgIpc) is 3.34. The molecule has 1 amide bonds. The van der Waals surface area contributed by atoms with E-state index in [1.165, 1.54) is 0 Å². The van der Waals surface area contributed by atoms with Crippen molar-refractivity contribution in [3.63, 3.8) is 0 Å². The van der Waals surface area contributed by atoms with E-state index in [2.05, 4.69) is 4.72 Å². The Morgan fingerprint density at radius 2 is 2.09 bits per heavy atom. The molecule has 1 saturated heterocycles. The predicted octanol–water partition coefficient (Wildman–Crippen LogP) is 0.526. The zero-order valence-electron chi connectivity index (χ0n) is 13.1. The van der Waals surface area contributed by atoms with Gasteiger partial charge >= 0.3 is 0 Å². The minimum atomic E-state index is -3.22. The Morgan fingerprint density at radius 3 is 2.70 bits per heavy atom. The van der Waals surface area contributed by atoms with E-state index in [0.717, 1.165) is 23.5 Å². The Labute approximate surface area is 135 Å². The summed E-state index contributed by atoms with van der Waals surface area (Å²) >= 11 is 0. The summed E-state index contributed by atoms with van der Waals surface area (Å²) in [5.41, 5.74) is 0.961. The number of carbonyl (C=O) groups is 1. The molecule has 1 N–H and O–H groups in total. The number of hydrogen-bond acceptors (Lipinski definition) is 5. The van der Waals surface area contributed by atoms with Crippen molar-refractivity contribution in [2.75, 3.05) is 33.2 Å². The van der Waals surface area contributed by atoms with E-state index < -0.39 is 10.0 Å². The third-order valence-corrected chi connectivity index (χ3v) is 5.65. The van der Waals surface area contributed by atoms with E-state index >= 15 is 0 Å². The highest BCUT2D eigenvalue weighted by Crippen LogP contribution is 2.52. The van der Waals surface area contributed by atoms with Gasteiger partial charge in [-0.25, -0.2) is 8.42 Å². The van der Waals surface area contributed by atoms with Crippen LogP contribution in [0.15, 0.2) is 18.2 Å². The number of nitrogens with zero attached hydrogens (tertiary/aromatic N) is 1. The summed E-state index contributed by atoms with van der Waals surface area (Å²) in [5, 5.41) is 0. The van der Waals surface area contributed by atoms with Gasteiger partial charge in [-0.3, -0.25) is 4.79 Å². The van der Waals surface area contributed by atoms with Gasteiger partial charge in [0.25, 0.3) is 0 Å². The molecule has 2 aliphatic rings. The molecule has 0 unspecified atom stereocenters. The third-order valence-electron chi connectivity index (χ3n) is 4.36. The fraction of sp³-hybridized carbons (Fsp3) is 0.533. The minimum Gasteiger partial charge on any atom is -0.497 e. The molecule has 0 spiro atoms. The molecule has 1 aromatic carbocycles. The summed E-state index contributed by atoms with van der Waals surface area (Å²) in [6.45, 7) is 0.298. The lowest BCUT2D eigenvalue weighted by Crippen LogP contribution is -2.50. The monoisotopic (exact) mass is 340 g/mol. The van der Waals surface area contributed by atoms with Crippen LogP contribution in [0, 0.1) is 5.92 Å². The quantitative estimate of drug-likeness (QED) is 0.864. The number of carbonyl (C=O) groups excluding carboxylic acids is 1. The first-order chi connectivity index (χ1) is 10.9. The maximum atomic E-state index is 12.5. The van der Waals surface area contributed by atoms with E-state index in [0.29, 0.717) is 0 Å². The topological polar surface area (TPSA) is 84.9 Å². The first kappa shape index (κ1) is 16.1. The first-order valence-corrected chi connectivity index (χ1v) is 9.08. The lowest BCUT2D eigenvalue weighted by atomic mass is 10.1. The van der Waals surface area contributed by atoms with E-state index in [4.69, 9.17) is 9.47 Å². The number of benzene rings is 1. The van der Waals surface area contributed by atoms with Crippen molar-refractivity contribution in [2.24, 2.45) is 5.92 Å². The normalized spacial score (nSPS) is 25.7. The van der Waals surface area contributed by atoms with Crippen LogP contribution in [0.1, 0.15) is 17.9 Å². The van der Waals surface area contributed by atoms with E-state index in [-0.39, 0.29) is 36.7 Å². The Morgan fingerprint density at radius 1 is 1.30 bits per heavy atom. The van der Waals surface area contributed by atoms with Gasteiger partial charge in [0.2, 0.25) is 15.9 Å². The second-order valence-electron chi connectivity index (χ2n) is 5.78. The molecule has 0 aromatic heterocycles. The molecule has 1 heterocycles. The summed E-state index contributed by atoms with van der Waals surface area (Å²) in [6.07, 6.45) is 0.742. The van der Waals surface area contributed by atoms with Gasteiger partial charge < -0.3 is 14.4 Å². The number of methoxy groups -OCH3 is 2. The smallest absolute Gasteiger partial charge is 0.227 e. The van der Waals surface area contributed by atoms with Crippen LogP contribution in [0.2, 0.25) is 0 Å². The fourth-order valence-electron chi connectivity index (χ4n) is 2.92. The Balaban J connectivity index is 1.71. The summed E-state index contributed by atoms with van der Waals surface area (Å²) in [5.74, 6) is 1.38. The summed E-state index contributed by atoms with van der Waals surface area (Å²) < 4.78 is 35.7. The first-order valence-electron chi connectivity index (χ1n) is 7.43. The Kier molecular flexibility index (Phi) is 4.20. The molecule has 1 aliphatic carbocycles. The van der Waals surface area contributed by atoms with E-state index in [1.807, 2.05) is 18.2 Å². The SMILES string of the molecule is COc1ccc(OC)c([C@@H]2C[C@H]2C(=O)N2CCS(=O)(=O)NC2)c1. The van der Waals surface area contributed by atoms with Gasteiger partial charge in [-0.2, -0.15) is 4.72 Å². The lowest BCUT2D eigenvalue weighted by molar-refractivity contribution is -0.132. The number of ether oxygens (including phenoxy) is 2. The summed E-state index contributed by atoms with van der Waals surface area (Å²) in [7, 11) is -0.0210. The predicted molar refractivity (Wildman–Crippen MR) is 83.9 cm³/mol. The highest BCUT2D eigenvalue weighted by atomic mass is 32.2. The molecule has 0 bridgehead atoms. The van der Waals surface area contributed by atoms with Crippen LogP contribution < -0.4 is 14.2 Å². The van der Waals surface area contributed by atoms with E-state index in [9.17, 15) is 13.2 Å². The highest BCUT2D eigenvalue weighted by Gasteiger charge is 2.47. The van der Waals surface area contributed by atoms with Crippen LogP contribution in [0.4, 0.5) is 0 Å². The minimum absolute atomic E-state index is 0.0118. The van der Waals surface area contributed by atoms with Gasteiger partial charge in [0, 0.05) is 23.9 Å². The van der Waals surface area contributed by atoms with Gasteiger partial charge in [-0.05, 0) is 24.6 Å². The number of sulfonamides is 1. The van der Waals surface area contributed by atoms with E-state index in [1.54, 1.807) is 19.1 Å². The second kappa shape index (κ2) is 6.01. The van der Waals surface area contributed by atoms with Crippen molar-refractivity contribution in [1.29, 1.82) is 0 Å². The molecule has 1 saturated carbocycles. The fourth-order valence-corrected chi connectivity index (χ4v) is 3.88. The standard InChI is InChI=1S/C15H20N2O5S/c1-21-10-3-4-14(22-2)12(7-10)11-8-13(11)15(18)17-5-6-23(19,20)16-9-17/h3-4,7,11,13,16H,5-6,8-9H2,1-2H3/t11-,13+/m0/s1. The van der Waals surface area contributed by atoms with Crippen molar-refractivity contribution in [3.05, 3.63) is 23.8 Å². The van der Waals surface area contributed by atoms with Crippen LogP contribution in [-0.2, 0) is 14.8 Å². The largest absolute Gasteiger partial charge is 0.497 e. The van der Waals surface area contributed by atoms with Crippen LogP contribution in [0.3, 0.4) is 0 Å². The van der Waals surface area contributed by atoms with Gasteiger partial charge in [-0.15, -0.1) is 0 Å². The molecule has 8 heteroatoms. The molecule has 1 aliphatic heterocycles. The van der Waals surface area contributed by atoms with Crippen LogP contribution >= 0.6 is 0 Å². The highest BCUT2D eigenvalue weighted by molar-refractivity contribution is 7.89. The van der Waals surface area contributed by atoms with Crippen LogP contribution in [0.25, 0.3) is 0 Å². The van der Waals surface area contributed by atoms with Crippen LogP contribution in [-0.4, -0.2) is 52.4 Å². The average molecular weight is 340 g/mol. The lowest BCUT2D eigenvalue weighted by Gasteiger charge is -2.27. The van der Waals surface area contributed by atoms with Crippen molar-refractivity contribution in [2.45, 2.75) is 12.3 Å². The summed E-state index contributed by atoms with van der Waals surface area (Å²) in [4.78, 5) is 14.1. The molecule has 3 rings (SSSR count). The van der Waals surface area contributed by atoms with Gasteiger partial charge in [0.05, 0.1) is 26.6 Å². The van der Waals surface area contributed by atoms with Gasteiger partial charge in [0.15, 0.2) is 0 Å². The second-order valence-corrected chi connectivity index (χ2v) is 7.71. The van der Waals surface area contributed by atoms with Crippen molar-refractivity contribution < 1.29 is 22.7 Å². The molecule has 23 heavy (non-hydrogen) atoms. The molecule has 7 nitrogen and oxygen atoms in total. The Hall–Kier alpha value is -1.80. The molecule has 126 valence electrons. The summed E-state index contributed by atoms with van der Waals surface area (Å²) in [6, 6.07) is 5.56. The van der Waals surface area contributed by atoms with Crippen molar-refractivity contribution >= 4 is 15.9 Å². The number of rotatable bonds is 4. The third kappa shape index (κ3) is 3.28. The Bertz CT molecular complexity index is 705. The van der Waals surface area contributed by atoms with Crippen molar-refractivity contribution in [1.82, 2.24) is 9.62 Å². The molecular formula is C15H20N2O5S. The van der Waals surface area contributed by atoms with Gasteiger partial charge in [0.1, 0.15) is 11.5 Å². The molecular weight excluding hydrogens is 320 g/mol. The zero-order chi connectivity index (χ0) is 16.6. The number of nitrogens with one attached hydrogen (secondary N) is 1. The molecule has 0 radical (unpaired) electrons. The maximum absolute atomic E-state index is 12.5. The zero-order valence-corrected chi connectivity index (χ0v) is 13.9. The maximum Gasteiger partial charge on any atom is 0.227 e. The molecule has 2 fully saturated rings. The van der Waals surface area contributed by atoms with Crippen LogP contribution in [0.5, 0.6) is 11.5 Å². The number of amides is 1. The number of hydrogen-bond donors (Lipinski definition) is 1.